The Balaban J connectivity index is 2.07. The van der Waals surface area contributed by atoms with Crippen molar-refractivity contribution >= 4 is 23.3 Å². The first-order valence-electron chi connectivity index (χ1n) is 7.08. The van der Waals surface area contributed by atoms with Gasteiger partial charge in [0.05, 0.1) is 11.8 Å². The molecule has 0 aromatic heterocycles. The minimum Gasteiger partial charge on any atom is -0.478 e. The lowest BCUT2D eigenvalue weighted by Crippen LogP contribution is -1.99. The molecule has 4 heteroatoms. The van der Waals surface area contributed by atoms with Gasteiger partial charge in [-0.3, -0.25) is 0 Å². The number of aliphatic carboxylic acids is 1. The van der Waals surface area contributed by atoms with E-state index in [1.54, 1.807) is 30.0 Å². The number of carbonyl (C=O) groups is 1. The molecule has 1 N–H and O–H groups in total. The molecule has 0 fully saturated rings. The first-order valence-corrected chi connectivity index (χ1v) is 8.30. The van der Waals surface area contributed by atoms with E-state index in [9.17, 15) is 9.90 Å². The second-order valence-corrected chi connectivity index (χ2v) is 5.75. The summed E-state index contributed by atoms with van der Waals surface area (Å²) in [6.07, 6.45) is 6.61. The van der Waals surface area contributed by atoms with Crippen LogP contribution in [-0.2, 0) is 4.79 Å². The quantitative estimate of drug-likeness (QED) is 0.359. The van der Waals surface area contributed by atoms with Gasteiger partial charge in [0.1, 0.15) is 5.75 Å². The third kappa shape index (κ3) is 5.04. The first kappa shape index (κ1) is 16.9. The number of carboxylic acid groups (broad SMARTS) is 1. The molecule has 0 spiro atoms. The smallest absolute Gasteiger partial charge is 0.336 e. The molecule has 0 radical (unpaired) electrons. The summed E-state index contributed by atoms with van der Waals surface area (Å²) in [6.45, 7) is 1.96. The zero-order valence-corrected chi connectivity index (χ0v) is 13.8. The number of benzene rings is 2. The Morgan fingerprint density at radius 2 is 1.74 bits per heavy atom. The molecule has 2 aromatic rings. The molecule has 0 bridgehead atoms. The van der Waals surface area contributed by atoms with Crippen molar-refractivity contribution in [2.24, 2.45) is 0 Å². The molecule has 0 saturated heterocycles. The Morgan fingerprint density at radius 1 is 1.09 bits per heavy atom. The van der Waals surface area contributed by atoms with Gasteiger partial charge in [0.15, 0.2) is 0 Å². The fourth-order valence-corrected chi connectivity index (χ4v) is 2.34. The number of hydrogen-bond donors (Lipinski definition) is 1. The van der Waals surface area contributed by atoms with Gasteiger partial charge in [-0.2, -0.15) is 0 Å². The predicted molar refractivity (Wildman–Crippen MR) is 94.8 cm³/mol. The molecular formula is C19H18O3S. The van der Waals surface area contributed by atoms with Crippen LogP contribution in [0.25, 0.3) is 5.57 Å². The van der Waals surface area contributed by atoms with E-state index in [1.165, 1.54) is 12.3 Å². The van der Waals surface area contributed by atoms with E-state index in [0.29, 0.717) is 11.3 Å². The molecule has 3 nitrogen and oxygen atoms in total. The summed E-state index contributed by atoms with van der Waals surface area (Å²) < 4.78 is 5.46. The minimum atomic E-state index is -0.970. The highest BCUT2D eigenvalue weighted by atomic mass is 32.2. The molecule has 2 rings (SSSR count). The molecule has 0 aliphatic heterocycles. The lowest BCUT2D eigenvalue weighted by Gasteiger charge is -2.03. The maximum absolute atomic E-state index is 11.4. The van der Waals surface area contributed by atoms with Crippen LogP contribution in [0.15, 0.2) is 71.8 Å². The summed E-state index contributed by atoms with van der Waals surface area (Å²) in [7, 11) is 0. The van der Waals surface area contributed by atoms with Gasteiger partial charge in [0.2, 0.25) is 0 Å². The van der Waals surface area contributed by atoms with Crippen molar-refractivity contribution in [2.75, 3.05) is 6.26 Å². The molecular weight excluding hydrogens is 308 g/mol. The zero-order valence-electron chi connectivity index (χ0n) is 13.0. The molecule has 0 aliphatic carbocycles. The maximum atomic E-state index is 11.4. The average Bonchev–Trinajstić information content (AvgIpc) is 2.56. The summed E-state index contributed by atoms with van der Waals surface area (Å²) in [6, 6.07) is 15.1. The molecule has 0 atom stereocenters. The van der Waals surface area contributed by atoms with E-state index in [-0.39, 0.29) is 5.57 Å². The Morgan fingerprint density at radius 3 is 2.30 bits per heavy atom. The number of rotatable bonds is 6. The Bertz CT molecular complexity index is 713. The van der Waals surface area contributed by atoms with Gasteiger partial charge in [-0.25, -0.2) is 4.79 Å². The fourth-order valence-electron chi connectivity index (χ4n) is 1.93. The van der Waals surface area contributed by atoms with Gasteiger partial charge < -0.3 is 9.84 Å². The number of thioether (sulfide) groups is 1. The summed E-state index contributed by atoms with van der Waals surface area (Å²) in [5, 5.41) is 9.32. The predicted octanol–water partition coefficient (Wildman–Crippen LogP) is 4.78. The lowest BCUT2D eigenvalue weighted by molar-refractivity contribution is -0.130. The third-order valence-electron chi connectivity index (χ3n) is 3.20. The van der Waals surface area contributed by atoms with Crippen LogP contribution in [0, 0.1) is 6.92 Å². The minimum absolute atomic E-state index is 0.225. The molecule has 23 heavy (non-hydrogen) atoms. The highest BCUT2D eigenvalue weighted by Crippen LogP contribution is 2.19. The van der Waals surface area contributed by atoms with Crippen LogP contribution < -0.4 is 4.74 Å². The van der Waals surface area contributed by atoms with Gasteiger partial charge in [-0.1, -0.05) is 29.8 Å². The summed E-state index contributed by atoms with van der Waals surface area (Å²) >= 11 is 1.66. The van der Waals surface area contributed by atoms with Crippen LogP contribution in [-0.4, -0.2) is 17.3 Å². The largest absolute Gasteiger partial charge is 0.478 e. The van der Waals surface area contributed by atoms with Crippen LogP contribution in [0.1, 0.15) is 11.1 Å². The van der Waals surface area contributed by atoms with Crippen molar-refractivity contribution in [3.05, 3.63) is 78.1 Å². The molecule has 0 saturated carbocycles. The second kappa shape index (κ2) is 8.25. The van der Waals surface area contributed by atoms with Crippen LogP contribution >= 0.6 is 11.8 Å². The second-order valence-electron chi connectivity index (χ2n) is 4.87. The van der Waals surface area contributed by atoms with Crippen molar-refractivity contribution < 1.29 is 14.6 Å². The number of allylic oxidation sites excluding steroid dienone is 2. The summed E-state index contributed by atoms with van der Waals surface area (Å²) in [5.41, 5.74) is 1.98. The monoisotopic (exact) mass is 326 g/mol. The molecule has 0 amide bonds. The van der Waals surface area contributed by atoms with E-state index < -0.39 is 5.97 Å². The van der Waals surface area contributed by atoms with E-state index >= 15 is 0 Å². The third-order valence-corrected chi connectivity index (χ3v) is 3.94. The normalized spacial score (nSPS) is 11.7. The van der Waals surface area contributed by atoms with Gasteiger partial charge in [0.25, 0.3) is 0 Å². The lowest BCUT2D eigenvalue weighted by atomic mass is 10.0. The number of carboxylic acids is 1. The average molecular weight is 326 g/mol. The zero-order chi connectivity index (χ0) is 16.7. The number of aryl methyl sites for hydroxylation is 1. The van der Waals surface area contributed by atoms with Gasteiger partial charge >= 0.3 is 5.97 Å². The molecule has 0 heterocycles. The molecule has 0 aliphatic rings. The van der Waals surface area contributed by atoms with Crippen molar-refractivity contribution in [3.8, 4) is 5.75 Å². The van der Waals surface area contributed by atoms with Crippen LogP contribution in [0.5, 0.6) is 5.75 Å². The van der Waals surface area contributed by atoms with Gasteiger partial charge in [0, 0.05) is 4.90 Å². The summed E-state index contributed by atoms with van der Waals surface area (Å²) in [4.78, 5) is 12.5. The Labute approximate surface area is 140 Å². The fraction of sp³-hybridized carbons (Fsp3) is 0.105. The number of hydrogen-bond acceptors (Lipinski definition) is 3. The SMILES string of the molecule is CSc1ccc(O/C=C/C=C(\C(=O)O)c2ccc(C)cc2)cc1. The topological polar surface area (TPSA) is 46.5 Å². The van der Waals surface area contributed by atoms with Crippen molar-refractivity contribution in [1.29, 1.82) is 0 Å². The Kier molecular flexibility index (Phi) is 6.06. The number of ether oxygens (including phenoxy) is 1. The highest BCUT2D eigenvalue weighted by molar-refractivity contribution is 7.98. The van der Waals surface area contributed by atoms with Gasteiger partial charge in [-0.15, -0.1) is 11.8 Å². The van der Waals surface area contributed by atoms with Gasteiger partial charge in [-0.05, 0) is 55.2 Å². The van der Waals surface area contributed by atoms with Crippen molar-refractivity contribution in [1.82, 2.24) is 0 Å². The molecule has 118 valence electrons. The summed E-state index contributed by atoms with van der Waals surface area (Å²) in [5.74, 6) is -0.262. The van der Waals surface area contributed by atoms with E-state index in [4.69, 9.17) is 4.74 Å². The van der Waals surface area contributed by atoms with E-state index in [0.717, 1.165) is 10.5 Å². The van der Waals surface area contributed by atoms with Crippen molar-refractivity contribution in [3.63, 3.8) is 0 Å². The molecule has 2 aromatic carbocycles. The first-order chi connectivity index (χ1) is 11.1. The van der Waals surface area contributed by atoms with Crippen LogP contribution in [0.3, 0.4) is 0 Å². The maximum Gasteiger partial charge on any atom is 0.336 e. The van der Waals surface area contributed by atoms with E-state index in [1.807, 2.05) is 49.6 Å². The molecule has 0 unspecified atom stereocenters. The standard InChI is InChI=1S/C19H18O3S/c1-14-5-7-15(8-6-14)18(19(20)21)4-3-13-22-16-9-11-17(23-2)12-10-16/h3-13H,1-2H3,(H,20,21)/b13-3+,18-4-. The highest BCUT2D eigenvalue weighted by Gasteiger charge is 2.08. The van der Waals surface area contributed by atoms with Crippen LogP contribution in [0.2, 0.25) is 0 Å². The van der Waals surface area contributed by atoms with E-state index in [2.05, 4.69) is 0 Å². The van der Waals surface area contributed by atoms with Crippen molar-refractivity contribution in [2.45, 2.75) is 11.8 Å². The Hall–Kier alpha value is -2.46. The van der Waals surface area contributed by atoms with Crippen LogP contribution in [0.4, 0.5) is 0 Å².